The van der Waals surface area contributed by atoms with Gasteiger partial charge in [0.25, 0.3) is 0 Å². The van der Waals surface area contributed by atoms with Gasteiger partial charge in [-0.15, -0.1) is 0 Å². The summed E-state index contributed by atoms with van der Waals surface area (Å²) in [5.74, 6) is 0. The van der Waals surface area contributed by atoms with Crippen molar-refractivity contribution in [3.8, 4) is 0 Å². The minimum absolute atomic E-state index is 0.249. The molecule has 1 aromatic heterocycles. The molecule has 3 nitrogen and oxygen atoms in total. The second-order valence-electron chi connectivity index (χ2n) is 3.97. The highest BCUT2D eigenvalue weighted by Gasteiger charge is 2.07. The number of nitrogens with one attached hydrogen (secondary N) is 1. The molecule has 1 aromatic carbocycles. The summed E-state index contributed by atoms with van der Waals surface area (Å²) in [4.78, 5) is 0. The molecule has 2 aromatic rings. The lowest BCUT2D eigenvalue weighted by molar-refractivity contribution is 0.507. The van der Waals surface area contributed by atoms with Crippen molar-refractivity contribution < 1.29 is 0 Å². The Morgan fingerprint density at radius 1 is 1.35 bits per heavy atom. The quantitative estimate of drug-likeness (QED) is 0.883. The third-order valence-corrected chi connectivity index (χ3v) is 3.07. The lowest BCUT2D eigenvalue weighted by Gasteiger charge is -2.15. The van der Waals surface area contributed by atoms with Crippen LogP contribution in [0.5, 0.6) is 0 Å². The van der Waals surface area contributed by atoms with Gasteiger partial charge in [-0.1, -0.05) is 29.8 Å². The van der Waals surface area contributed by atoms with Crippen LogP contribution in [0.4, 0.5) is 0 Å². The van der Waals surface area contributed by atoms with Crippen LogP contribution in [-0.2, 0) is 6.54 Å². The first-order chi connectivity index (χ1) is 8.27. The number of hydrogen-bond donors (Lipinski definition) is 1. The van der Waals surface area contributed by atoms with Gasteiger partial charge in [0.1, 0.15) is 0 Å². The predicted octanol–water partition coefficient (Wildman–Crippen LogP) is 2.89. The standard InChI is InChI=1S/C13H16ClN3/c1-11(12-5-2-3-6-13(12)14)15-8-10-17-9-4-7-16-17/h2-7,9,11,15H,8,10H2,1H3. The van der Waals surface area contributed by atoms with Gasteiger partial charge >= 0.3 is 0 Å². The zero-order valence-electron chi connectivity index (χ0n) is 9.81. The monoisotopic (exact) mass is 249 g/mol. The van der Waals surface area contributed by atoms with E-state index in [-0.39, 0.29) is 6.04 Å². The van der Waals surface area contributed by atoms with Gasteiger partial charge in [0.05, 0.1) is 6.54 Å². The van der Waals surface area contributed by atoms with Crippen molar-refractivity contribution in [1.82, 2.24) is 15.1 Å². The van der Waals surface area contributed by atoms with Crippen LogP contribution in [-0.4, -0.2) is 16.3 Å². The summed E-state index contributed by atoms with van der Waals surface area (Å²) in [6.45, 7) is 3.85. The van der Waals surface area contributed by atoms with Crippen LogP contribution in [0.3, 0.4) is 0 Å². The van der Waals surface area contributed by atoms with Gasteiger partial charge in [0.2, 0.25) is 0 Å². The molecule has 0 saturated carbocycles. The first-order valence-corrected chi connectivity index (χ1v) is 6.10. The first-order valence-electron chi connectivity index (χ1n) is 5.72. The van der Waals surface area contributed by atoms with E-state index in [2.05, 4.69) is 17.3 Å². The molecule has 17 heavy (non-hydrogen) atoms. The maximum absolute atomic E-state index is 6.14. The topological polar surface area (TPSA) is 29.9 Å². The van der Waals surface area contributed by atoms with Crippen molar-refractivity contribution in [2.75, 3.05) is 6.54 Å². The minimum Gasteiger partial charge on any atom is -0.308 e. The van der Waals surface area contributed by atoms with Crippen molar-refractivity contribution in [3.05, 3.63) is 53.3 Å². The van der Waals surface area contributed by atoms with Gasteiger partial charge < -0.3 is 5.32 Å². The molecule has 0 spiro atoms. The van der Waals surface area contributed by atoms with E-state index in [1.807, 2.05) is 41.2 Å². The molecule has 2 rings (SSSR count). The highest BCUT2D eigenvalue weighted by atomic mass is 35.5. The van der Waals surface area contributed by atoms with E-state index in [0.29, 0.717) is 0 Å². The summed E-state index contributed by atoms with van der Waals surface area (Å²) in [6.07, 6.45) is 3.75. The van der Waals surface area contributed by atoms with Gasteiger partial charge in [-0.05, 0) is 24.6 Å². The fraction of sp³-hybridized carbons (Fsp3) is 0.308. The largest absolute Gasteiger partial charge is 0.308 e. The van der Waals surface area contributed by atoms with Crippen LogP contribution in [0.15, 0.2) is 42.7 Å². The Labute approximate surface area is 106 Å². The maximum Gasteiger partial charge on any atom is 0.0534 e. The zero-order chi connectivity index (χ0) is 12.1. The SMILES string of the molecule is CC(NCCn1cccn1)c1ccccc1Cl. The van der Waals surface area contributed by atoms with Crippen LogP contribution in [0.2, 0.25) is 5.02 Å². The summed E-state index contributed by atoms with van der Waals surface area (Å²) in [6, 6.07) is 10.1. The molecule has 0 amide bonds. The average Bonchev–Trinajstić information content (AvgIpc) is 2.82. The van der Waals surface area contributed by atoms with Gasteiger partial charge in [-0.3, -0.25) is 4.68 Å². The third-order valence-electron chi connectivity index (χ3n) is 2.72. The van der Waals surface area contributed by atoms with Crippen LogP contribution in [0.1, 0.15) is 18.5 Å². The average molecular weight is 250 g/mol. The molecule has 0 aliphatic carbocycles. The molecule has 0 radical (unpaired) electrons. The molecule has 0 fully saturated rings. The lowest BCUT2D eigenvalue weighted by Crippen LogP contribution is -2.23. The highest BCUT2D eigenvalue weighted by Crippen LogP contribution is 2.21. The van der Waals surface area contributed by atoms with Crippen molar-refractivity contribution in [2.24, 2.45) is 0 Å². The maximum atomic E-state index is 6.14. The Bertz CT molecular complexity index is 453. The second-order valence-corrected chi connectivity index (χ2v) is 4.37. The molecule has 1 unspecified atom stereocenters. The van der Waals surface area contributed by atoms with Crippen molar-refractivity contribution in [3.63, 3.8) is 0 Å². The molecule has 1 atom stereocenters. The van der Waals surface area contributed by atoms with Crippen LogP contribution >= 0.6 is 11.6 Å². The van der Waals surface area contributed by atoms with Crippen molar-refractivity contribution >= 4 is 11.6 Å². The summed E-state index contributed by atoms with van der Waals surface area (Å²) in [7, 11) is 0. The van der Waals surface area contributed by atoms with Crippen molar-refractivity contribution in [2.45, 2.75) is 19.5 Å². The van der Waals surface area contributed by atoms with Crippen LogP contribution < -0.4 is 5.32 Å². The van der Waals surface area contributed by atoms with E-state index >= 15 is 0 Å². The Morgan fingerprint density at radius 2 is 2.18 bits per heavy atom. The number of nitrogens with zero attached hydrogens (tertiary/aromatic N) is 2. The van der Waals surface area contributed by atoms with Crippen LogP contribution in [0.25, 0.3) is 0 Å². The predicted molar refractivity (Wildman–Crippen MR) is 70.1 cm³/mol. The molecule has 0 aliphatic rings. The lowest BCUT2D eigenvalue weighted by atomic mass is 10.1. The molecule has 1 N–H and O–H groups in total. The van der Waals surface area contributed by atoms with Crippen LogP contribution in [0, 0.1) is 0 Å². The Hall–Kier alpha value is -1.32. The molecule has 1 heterocycles. The highest BCUT2D eigenvalue weighted by molar-refractivity contribution is 6.31. The van der Waals surface area contributed by atoms with E-state index in [0.717, 1.165) is 23.7 Å². The van der Waals surface area contributed by atoms with Gasteiger partial charge in [-0.2, -0.15) is 5.10 Å². The first kappa shape index (κ1) is 12.1. The summed E-state index contributed by atoms with van der Waals surface area (Å²) >= 11 is 6.14. The van der Waals surface area contributed by atoms with E-state index in [4.69, 9.17) is 11.6 Å². The summed E-state index contributed by atoms with van der Waals surface area (Å²) < 4.78 is 1.91. The van der Waals surface area contributed by atoms with Gasteiger partial charge in [0, 0.05) is 30.0 Å². The Kier molecular flexibility index (Phi) is 4.18. The summed E-state index contributed by atoms with van der Waals surface area (Å²) in [5.41, 5.74) is 1.13. The number of benzene rings is 1. The molecule has 0 saturated heterocycles. The van der Waals surface area contributed by atoms with Gasteiger partial charge in [-0.25, -0.2) is 0 Å². The molecule has 90 valence electrons. The normalized spacial score (nSPS) is 12.6. The minimum atomic E-state index is 0.249. The van der Waals surface area contributed by atoms with E-state index in [1.165, 1.54) is 0 Å². The Morgan fingerprint density at radius 3 is 2.88 bits per heavy atom. The third kappa shape index (κ3) is 3.32. The van der Waals surface area contributed by atoms with E-state index in [9.17, 15) is 0 Å². The fourth-order valence-electron chi connectivity index (χ4n) is 1.76. The molecular formula is C13H16ClN3. The number of hydrogen-bond acceptors (Lipinski definition) is 2. The summed E-state index contributed by atoms with van der Waals surface area (Å²) in [5, 5.41) is 8.40. The van der Waals surface area contributed by atoms with E-state index in [1.54, 1.807) is 6.20 Å². The molecular weight excluding hydrogens is 234 g/mol. The number of rotatable bonds is 5. The zero-order valence-corrected chi connectivity index (χ0v) is 10.6. The van der Waals surface area contributed by atoms with Gasteiger partial charge in [0.15, 0.2) is 0 Å². The second kappa shape index (κ2) is 5.84. The molecule has 0 aliphatic heterocycles. The number of halogens is 1. The van der Waals surface area contributed by atoms with E-state index < -0.39 is 0 Å². The number of aromatic nitrogens is 2. The Balaban J connectivity index is 1.85. The van der Waals surface area contributed by atoms with Crippen molar-refractivity contribution in [1.29, 1.82) is 0 Å². The smallest absolute Gasteiger partial charge is 0.0534 e. The fourth-order valence-corrected chi connectivity index (χ4v) is 2.06. The molecule has 4 heteroatoms. The molecule has 0 bridgehead atoms.